The monoisotopic (exact) mass is 330 g/mol. The minimum absolute atomic E-state index is 0.264. The van der Waals surface area contributed by atoms with Crippen molar-refractivity contribution in [3.05, 3.63) is 34.3 Å². The summed E-state index contributed by atoms with van der Waals surface area (Å²) >= 11 is 0. The number of nitriles is 1. The average Bonchev–Trinajstić information content (AvgIpc) is 2.89. The number of hydrogen-bond donors (Lipinski definition) is 1. The van der Waals surface area contributed by atoms with E-state index < -0.39 is 17.6 Å². The molecular weight excluding hydrogens is 311 g/mol. The standard InChI is InChI=1S/C18H19FN2O3/c1-4-6-18(24-11(3)22)17-12(5-7-23-18)15-13(9-20)10(2)8-14(19)16(15)21-17/h8,21H,4-7H2,1-3H3. The number of ether oxygens (including phenoxy) is 2. The first-order valence-electron chi connectivity index (χ1n) is 8.01. The lowest BCUT2D eigenvalue weighted by atomic mass is 9.94. The molecule has 0 saturated heterocycles. The van der Waals surface area contributed by atoms with Gasteiger partial charge in [0.05, 0.1) is 23.4 Å². The molecule has 0 aliphatic carbocycles. The molecule has 1 aliphatic rings. The molecule has 0 amide bonds. The van der Waals surface area contributed by atoms with Crippen LogP contribution in [0.5, 0.6) is 0 Å². The zero-order valence-corrected chi connectivity index (χ0v) is 14.0. The Balaban J connectivity index is 2.34. The predicted octanol–water partition coefficient (Wildman–Crippen LogP) is 3.58. The highest BCUT2D eigenvalue weighted by Crippen LogP contribution is 2.42. The number of nitrogens with one attached hydrogen (secondary N) is 1. The fourth-order valence-electron chi connectivity index (χ4n) is 3.52. The van der Waals surface area contributed by atoms with Crippen LogP contribution < -0.4 is 0 Å². The Kier molecular flexibility index (Phi) is 4.06. The van der Waals surface area contributed by atoms with E-state index >= 15 is 0 Å². The molecule has 6 heteroatoms. The summed E-state index contributed by atoms with van der Waals surface area (Å²) in [6.07, 6.45) is 1.70. The Morgan fingerprint density at radius 1 is 1.58 bits per heavy atom. The van der Waals surface area contributed by atoms with Crippen LogP contribution in [0.2, 0.25) is 0 Å². The van der Waals surface area contributed by atoms with Gasteiger partial charge in [-0.05, 0) is 37.0 Å². The van der Waals surface area contributed by atoms with Crippen molar-refractivity contribution < 1.29 is 18.7 Å². The van der Waals surface area contributed by atoms with Crippen LogP contribution in [0.1, 0.15) is 49.1 Å². The molecule has 24 heavy (non-hydrogen) atoms. The number of hydrogen-bond acceptors (Lipinski definition) is 4. The third kappa shape index (κ3) is 2.36. The Morgan fingerprint density at radius 2 is 2.33 bits per heavy atom. The Hall–Kier alpha value is -2.39. The van der Waals surface area contributed by atoms with Gasteiger partial charge >= 0.3 is 5.97 Å². The number of aromatic nitrogens is 1. The zero-order valence-electron chi connectivity index (χ0n) is 14.0. The first kappa shape index (κ1) is 16.5. The largest absolute Gasteiger partial charge is 0.427 e. The molecular formula is C18H19FN2O3. The molecule has 126 valence electrons. The van der Waals surface area contributed by atoms with Gasteiger partial charge in [-0.25, -0.2) is 4.39 Å². The molecule has 0 bridgehead atoms. The number of carbonyl (C=O) groups excluding carboxylic acids is 1. The summed E-state index contributed by atoms with van der Waals surface area (Å²) in [6.45, 7) is 5.33. The second kappa shape index (κ2) is 5.91. The first-order chi connectivity index (χ1) is 11.4. The van der Waals surface area contributed by atoms with Crippen molar-refractivity contribution >= 4 is 16.9 Å². The van der Waals surface area contributed by atoms with Crippen LogP contribution in [0.3, 0.4) is 0 Å². The minimum atomic E-state index is -1.25. The number of nitrogens with zero attached hydrogens (tertiary/aromatic N) is 1. The molecule has 0 saturated carbocycles. The lowest BCUT2D eigenvalue weighted by Crippen LogP contribution is -2.39. The molecule has 0 fully saturated rings. The van der Waals surface area contributed by atoms with Gasteiger partial charge in [0.15, 0.2) is 0 Å². The maximum absolute atomic E-state index is 14.5. The van der Waals surface area contributed by atoms with E-state index in [9.17, 15) is 14.4 Å². The Bertz CT molecular complexity index is 865. The van der Waals surface area contributed by atoms with E-state index in [-0.39, 0.29) is 5.52 Å². The number of benzene rings is 1. The van der Waals surface area contributed by atoms with Gasteiger partial charge in [-0.3, -0.25) is 4.79 Å². The van der Waals surface area contributed by atoms with Gasteiger partial charge in [-0.2, -0.15) is 5.26 Å². The van der Waals surface area contributed by atoms with Crippen molar-refractivity contribution in [2.24, 2.45) is 0 Å². The summed E-state index contributed by atoms with van der Waals surface area (Å²) in [4.78, 5) is 14.7. The quantitative estimate of drug-likeness (QED) is 0.873. The van der Waals surface area contributed by atoms with Gasteiger partial charge in [0.1, 0.15) is 11.9 Å². The smallest absolute Gasteiger partial charge is 0.305 e. The number of H-pyrrole nitrogens is 1. The van der Waals surface area contributed by atoms with Crippen molar-refractivity contribution in [2.75, 3.05) is 6.61 Å². The summed E-state index contributed by atoms with van der Waals surface area (Å²) in [7, 11) is 0. The highest BCUT2D eigenvalue weighted by atomic mass is 19.1. The molecule has 1 unspecified atom stereocenters. The van der Waals surface area contributed by atoms with Crippen molar-refractivity contribution in [2.45, 2.75) is 45.8 Å². The van der Waals surface area contributed by atoms with E-state index in [1.807, 2.05) is 6.92 Å². The van der Waals surface area contributed by atoms with Crippen LogP contribution in [0.15, 0.2) is 6.07 Å². The SMILES string of the molecule is CCCC1(OC(C)=O)OCCc2c1[nH]c1c(F)cc(C)c(C#N)c21. The Morgan fingerprint density at radius 3 is 2.96 bits per heavy atom. The Labute approximate surface area is 139 Å². The fourth-order valence-corrected chi connectivity index (χ4v) is 3.52. The summed E-state index contributed by atoms with van der Waals surface area (Å²) in [5.41, 5.74) is 2.63. The van der Waals surface area contributed by atoms with Crippen LogP contribution in [-0.2, 0) is 26.5 Å². The summed E-state index contributed by atoms with van der Waals surface area (Å²) in [5, 5.41) is 10.1. The van der Waals surface area contributed by atoms with Crippen molar-refractivity contribution in [3.63, 3.8) is 0 Å². The second-order valence-electron chi connectivity index (χ2n) is 6.09. The molecule has 1 N–H and O–H groups in total. The maximum Gasteiger partial charge on any atom is 0.305 e. The van der Waals surface area contributed by atoms with E-state index in [0.717, 1.165) is 5.56 Å². The highest BCUT2D eigenvalue weighted by molar-refractivity contribution is 5.92. The lowest BCUT2D eigenvalue weighted by Gasteiger charge is -2.36. The van der Waals surface area contributed by atoms with Gasteiger partial charge in [0.2, 0.25) is 0 Å². The normalized spacial score (nSPS) is 19.8. The van der Waals surface area contributed by atoms with E-state index in [0.29, 0.717) is 48.1 Å². The number of carbonyl (C=O) groups is 1. The third-order valence-electron chi connectivity index (χ3n) is 4.40. The summed E-state index contributed by atoms with van der Waals surface area (Å²) in [6, 6.07) is 3.51. The van der Waals surface area contributed by atoms with Crippen molar-refractivity contribution in [1.82, 2.24) is 4.98 Å². The summed E-state index contributed by atoms with van der Waals surface area (Å²) < 4.78 is 25.8. The minimum Gasteiger partial charge on any atom is -0.427 e. The van der Waals surface area contributed by atoms with Crippen LogP contribution in [0.25, 0.3) is 10.9 Å². The predicted molar refractivity (Wildman–Crippen MR) is 85.7 cm³/mol. The first-order valence-corrected chi connectivity index (χ1v) is 8.01. The van der Waals surface area contributed by atoms with E-state index in [1.54, 1.807) is 6.92 Å². The number of aryl methyl sites for hydroxylation is 1. The number of rotatable bonds is 3. The average molecular weight is 330 g/mol. The van der Waals surface area contributed by atoms with Crippen molar-refractivity contribution in [1.29, 1.82) is 5.26 Å². The van der Waals surface area contributed by atoms with Gasteiger partial charge in [-0.1, -0.05) is 6.92 Å². The zero-order chi connectivity index (χ0) is 17.5. The van der Waals surface area contributed by atoms with E-state index in [4.69, 9.17) is 9.47 Å². The van der Waals surface area contributed by atoms with Crippen LogP contribution in [-0.4, -0.2) is 17.6 Å². The van der Waals surface area contributed by atoms with Crippen molar-refractivity contribution in [3.8, 4) is 6.07 Å². The number of esters is 1. The van der Waals surface area contributed by atoms with Gasteiger partial charge in [-0.15, -0.1) is 0 Å². The molecule has 5 nitrogen and oxygen atoms in total. The molecule has 1 aliphatic heterocycles. The summed E-state index contributed by atoms with van der Waals surface area (Å²) in [5.74, 6) is -2.14. The molecule has 1 aromatic carbocycles. The van der Waals surface area contributed by atoms with Crippen LogP contribution in [0, 0.1) is 24.1 Å². The van der Waals surface area contributed by atoms with Gasteiger partial charge in [0, 0.05) is 18.7 Å². The van der Waals surface area contributed by atoms with Gasteiger partial charge < -0.3 is 14.5 Å². The number of halogens is 1. The number of aromatic amines is 1. The third-order valence-corrected chi connectivity index (χ3v) is 4.40. The molecule has 2 heterocycles. The number of fused-ring (bicyclic) bond motifs is 3. The van der Waals surface area contributed by atoms with E-state index in [2.05, 4.69) is 11.1 Å². The fraction of sp³-hybridized carbons (Fsp3) is 0.444. The second-order valence-corrected chi connectivity index (χ2v) is 6.09. The molecule has 1 aromatic heterocycles. The van der Waals surface area contributed by atoms with Crippen LogP contribution >= 0.6 is 0 Å². The van der Waals surface area contributed by atoms with E-state index in [1.165, 1.54) is 13.0 Å². The van der Waals surface area contributed by atoms with Gasteiger partial charge in [0.25, 0.3) is 5.79 Å². The molecule has 0 radical (unpaired) electrons. The van der Waals surface area contributed by atoms with Crippen LogP contribution in [0.4, 0.5) is 4.39 Å². The molecule has 3 rings (SSSR count). The highest BCUT2D eigenvalue weighted by Gasteiger charge is 2.43. The molecule has 2 aromatic rings. The topological polar surface area (TPSA) is 75.1 Å². The lowest BCUT2D eigenvalue weighted by molar-refractivity contribution is -0.247. The molecule has 1 atom stereocenters. The maximum atomic E-state index is 14.5. The molecule has 0 spiro atoms.